The zero-order valence-corrected chi connectivity index (χ0v) is 29.3. The quantitative estimate of drug-likeness (QED) is 0.296. The summed E-state index contributed by atoms with van der Waals surface area (Å²) in [5, 5.41) is 15.8. The van der Waals surface area contributed by atoms with Gasteiger partial charge >= 0.3 is 6.09 Å². The van der Waals surface area contributed by atoms with Crippen LogP contribution in [0.3, 0.4) is 0 Å². The van der Waals surface area contributed by atoms with Crippen LogP contribution in [0.5, 0.6) is 11.6 Å². The van der Waals surface area contributed by atoms with Gasteiger partial charge in [0.25, 0.3) is 5.91 Å². The van der Waals surface area contributed by atoms with Gasteiger partial charge in [0, 0.05) is 23.9 Å². The number of nitrogens with one attached hydrogen (secondary N) is 3. The van der Waals surface area contributed by atoms with Crippen LogP contribution in [-0.4, -0.2) is 89.4 Å². The largest absolute Gasteiger partial charge is 0.494 e. The summed E-state index contributed by atoms with van der Waals surface area (Å²) in [6.07, 6.45) is 6.39. The summed E-state index contributed by atoms with van der Waals surface area (Å²) in [7, 11) is -3.89. The van der Waals surface area contributed by atoms with E-state index in [0.29, 0.717) is 49.3 Å². The Bertz CT molecular complexity index is 1800. The summed E-state index contributed by atoms with van der Waals surface area (Å²) >= 11 is 0. The molecular formula is C35H45N5O9S. The van der Waals surface area contributed by atoms with Gasteiger partial charge in [-0.2, -0.15) is 0 Å². The number of amides is 4. The van der Waals surface area contributed by atoms with Crippen LogP contribution < -0.4 is 24.8 Å². The smallest absolute Gasteiger partial charge is 0.405 e. The molecule has 1 saturated heterocycles. The molecule has 4 aliphatic rings. The Hall–Kier alpha value is -4.40. The monoisotopic (exact) mass is 711 g/mol. The Morgan fingerprint density at radius 2 is 1.92 bits per heavy atom. The van der Waals surface area contributed by atoms with Crippen LogP contribution in [0.4, 0.5) is 4.79 Å². The summed E-state index contributed by atoms with van der Waals surface area (Å²) in [5.74, 6) is -1.78. The molecule has 14 nitrogen and oxygen atoms in total. The normalized spacial score (nSPS) is 30.9. The van der Waals surface area contributed by atoms with Gasteiger partial charge in [-0.15, -0.1) is 0 Å². The number of allylic oxidation sites excluding steroid dienone is 1. The number of hydrogen-bond acceptors (Lipinski definition) is 9. The molecule has 2 aliphatic carbocycles. The highest BCUT2D eigenvalue weighted by Gasteiger charge is 2.62. The van der Waals surface area contributed by atoms with E-state index in [9.17, 15) is 32.7 Å². The predicted molar refractivity (Wildman–Crippen MR) is 183 cm³/mol. The fraction of sp³-hybridized carbons (Fsp3) is 0.571. The molecule has 2 aromatic rings. The van der Waals surface area contributed by atoms with Crippen molar-refractivity contribution in [1.29, 1.82) is 0 Å². The second-order valence-corrected chi connectivity index (χ2v) is 16.1. The van der Waals surface area contributed by atoms with E-state index in [0.717, 1.165) is 11.8 Å². The number of fused-ring (bicyclic) bond motifs is 3. The van der Waals surface area contributed by atoms with E-state index in [1.165, 1.54) is 4.90 Å². The maximum Gasteiger partial charge on any atom is 0.405 e. The lowest BCUT2D eigenvalue weighted by molar-refractivity contribution is -0.142. The SMILES string of the molecule is CCOc1ccc2c(O[C@@H]3C[C@H]4C(=O)N[C@]5(C(=O)NS(=O)(=O)C6CC6)C[C@H]5/C=C\CC[C@@H](C)C[C@@H](C)[C@H](NC(=O)O)C(=O)N4C3)nccc2c1. The number of carboxylic acid groups (broad SMARTS) is 1. The lowest BCUT2D eigenvalue weighted by Gasteiger charge is -2.32. The zero-order valence-electron chi connectivity index (χ0n) is 28.5. The van der Waals surface area contributed by atoms with Crippen molar-refractivity contribution >= 4 is 44.6 Å². The third kappa shape index (κ3) is 7.52. The fourth-order valence-corrected chi connectivity index (χ4v) is 8.63. The van der Waals surface area contributed by atoms with Gasteiger partial charge in [-0.05, 0) is 86.9 Å². The molecule has 4 amide bonds. The number of sulfonamides is 1. The highest BCUT2D eigenvalue weighted by Crippen LogP contribution is 2.46. The number of benzene rings is 1. The van der Waals surface area contributed by atoms with Crippen LogP contribution >= 0.6 is 0 Å². The lowest BCUT2D eigenvalue weighted by Crippen LogP contribution is -2.59. The summed E-state index contributed by atoms with van der Waals surface area (Å²) in [6.45, 7) is 6.19. The Morgan fingerprint density at radius 3 is 2.64 bits per heavy atom. The molecule has 0 unspecified atom stereocenters. The Morgan fingerprint density at radius 1 is 1.14 bits per heavy atom. The van der Waals surface area contributed by atoms with Gasteiger partial charge in [-0.3, -0.25) is 19.1 Å². The third-order valence-corrected chi connectivity index (χ3v) is 12.0. The van der Waals surface area contributed by atoms with Crippen LogP contribution in [0.2, 0.25) is 0 Å². The van der Waals surface area contributed by atoms with Gasteiger partial charge in [0.15, 0.2) is 0 Å². The first-order valence-corrected chi connectivity index (χ1v) is 18.9. The van der Waals surface area contributed by atoms with E-state index >= 15 is 0 Å². The van der Waals surface area contributed by atoms with Gasteiger partial charge < -0.3 is 30.1 Å². The highest BCUT2D eigenvalue weighted by molar-refractivity contribution is 7.91. The van der Waals surface area contributed by atoms with Crippen LogP contribution in [0.15, 0.2) is 42.6 Å². The molecule has 0 radical (unpaired) electrons. The minimum atomic E-state index is -3.89. The van der Waals surface area contributed by atoms with E-state index in [4.69, 9.17) is 9.47 Å². The van der Waals surface area contributed by atoms with E-state index < -0.39 is 74.7 Å². The molecular weight excluding hydrogens is 666 g/mol. The third-order valence-electron chi connectivity index (χ3n) is 10.2. The van der Waals surface area contributed by atoms with Crippen molar-refractivity contribution in [2.75, 3.05) is 13.2 Å². The van der Waals surface area contributed by atoms with Crippen molar-refractivity contribution in [2.24, 2.45) is 17.8 Å². The minimum Gasteiger partial charge on any atom is -0.494 e. The molecule has 7 atom stereocenters. The van der Waals surface area contributed by atoms with Crippen molar-refractivity contribution in [3.63, 3.8) is 0 Å². The first-order valence-electron chi connectivity index (χ1n) is 17.3. The maximum absolute atomic E-state index is 14.3. The summed E-state index contributed by atoms with van der Waals surface area (Å²) in [5.41, 5.74) is -1.52. The summed E-state index contributed by atoms with van der Waals surface area (Å²) in [4.78, 5) is 59.9. The van der Waals surface area contributed by atoms with Crippen LogP contribution in [0.1, 0.15) is 65.7 Å². The van der Waals surface area contributed by atoms with Gasteiger partial charge in [0.2, 0.25) is 27.7 Å². The van der Waals surface area contributed by atoms with Crippen LogP contribution in [0, 0.1) is 17.8 Å². The van der Waals surface area contributed by atoms with E-state index in [2.05, 4.69) is 20.3 Å². The predicted octanol–water partition coefficient (Wildman–Crippen LogP) is 3.11. The van der Waals surface area contributed by atoms with Gasteiger partial charge in [0.1, 0.15) is 29.5 Å². The fourth-order valence-electron chi connectivity index (χ4n) is 7.27. The number of ether oxygens (including phenoxy) is 2. The average Bonchev–Trinajstić information content (AvgIpc) is 3.98. The Labute approximate surface area is 291 Å². The summed E-state index contributed by atoms with van der Waals surface area (Å²) in [6, 6.07) is 5.01. The molecule has 0 bridgehead atoms. The number of carbonyl (C=O) groups excluding carboxylic acids is 3. The van der Waals surface area contributed by atoms with Gasteiger partial charge in [0.05, 0.1) is 18.4 Å². The molecule has 15 heteroatoms. The average molecular weight is 712 g/mol. The minimum absolute atomic E-state index is 0.0236. The molecule has 50 heavy (non-hydrogen) atoms. The molecule has 6 rings (SSSR count). The molecule has 1 aromatic carbocycles. The standard InChI is InChI=1S/C35H45N5O9S/c1-4-48-24-9-12-27-22(16-24)13-14-36-31(27)49-25-17-28-30(41)38-35(33(43)39-50(46,47)26-10-11-26)18-23(35)8-6-5-7-20(2)15-21(3)29(37-34(44)45)32(42)40(28)19-25/h6,8-9,12-14,16,20-21,23,25-26,28-29,37H,4-5,7,10-11,15,17-19H2,1-3H3,(H,38,41)(H,39,43)(H,44,45)/b8-6-/t20-,21-,23-,25-,28+,29+,35-/m1/s1. The van der Waals surface area contributed by atoms with Crippen molar-refractivity contribution in [3.8, 4) is 11.6 Å². The van der Waals surface area contributed by atoms with E-state index in [1.807, 2.05) is 51.1 Å². The number of pyridine rings is 1. The Balaban J connectivity index is 1.32. The lowest BCUT2D eigenvalue weighted by atomic mass is 9.88. The molecule has 2 aliphatic heterocycles. The first-order chi connectivity index (χ1) is 23.8. The van der Waals surface area contributed by atoms with Crippen LogP contribution in [0.25, 0.3) is 10.8 Å². The number of rotatable bonds is 8. The second kappa shape index (κ2) is 14.1. The van der Waals surface area contributed by atoms with Gasteiger partial charge in [-0.25, -0.2) is 18.2 Å². The zero-order chi connectivity index (χ0) is 35.8. The molecule has 270 valence electrons. The molecule has 0 spiro atoms. The van der Waals surface area contributed by atoms with Crippen molar-refractivity contribution in [1.82, 2.24) is 25.2 Å². The van der Waals surface area contributed by atoms with Crippen LogP contribution in [-0.2, 0) is 24.4 Å². The molecule has 1 aromatic heterocycles. The summed E-state index contributed by atoms with van der Waals surface area (Å²) < 4.78 is 39.7. The molecule has 3 heterocycles. The number of nitrogens with zero attached hydrogens (tertiary/aromatic N) is 2. The van der Waals surface area contributed by atoms with E-state index in [1.54, 1.807) is 12.3 Å². The van der Waals surface area contributed by atoms with Crippen molar-refractivity contribution < 1.29 is 42.2 Å². The molecule has 4 N–H and O–H groups in total. The number of aromatic nitrogens is 1. The van der Waals surface area contributed by atoms with Gasteiger partial charge in [-0.1, -0.05) is 26.0 Å². The topological polar surface area (TPSA) is 193 Å². The maximum atomic E-state index is 14.3. The first kappa shape index (κ1) is 35.4. The highest BCUT2D eigenvalue weighted by atomic mass is 32.2. The second-order valence-electron chi connectivity index (χ2n) is 14.1. The number of hydrogen-bond donors (Lipinski definition) is 4. The van der Waals surface area contributed by atoms with Crippen molar-refractivity contribution in [2.45, 2.75) is 94.7 Å². The van der Waals surface area contributed by atoms with E-state index in [-0.39, 0.29) is 25.3 Å². The number of carbonyl (C=O) groups is 4. The van der Waals surface area contributed by atoms with Crippen molar-refractivity contribution in [3.05, 3.63) is 42.6 Å². The molecule has 2 saturated carbocycles. The Kier molecular flexibility index (Phi) is 9.98. The molecule has 3 fully saturated rings.